The van der Waals surface area contributed by atoms with Crippen molar-refractivity contribution in [3.8, 4) is 6.07 Å². The lowest BCUT2D eigenvalue weighted by atomic mass is 10.1. The van der Waals surface area contributed by atoms with Crippen LogP contribution in [0.15, 0.2) is 90.5 Å². The topological polar surface area (TPSA) is 56.1 Å². The van der Waals surface area contributed by atoms with Crippen molar-refractivity contribution in [3.63, 3.8) is 0 Å². The summed E-state index contributed by atoms with van der Waals surface area (Å²) >= 11 is 0. The van der Waals surface area contributed by atoms with E-state index in [9.17, 15) is 10.1 Å². The van der Waals surface area contributed by atoms with Gasteiger partial charge in [-0.3, -0.25) is 4.79 Å². The van der Waals surface area contributed by atoms with Gasteiger partial charge in [-0.25, -0.2) is 0 Å². The van der Waals surface area contributed by atoms with Gasteiger partial charge in [-0.1, -0.05) is 72.8 Å². The lowest BCUT2D eigenvalue weighted by Crippen LogP contribution is -2.27. The van der Waals surface area contributed by atoms with Crippen LogP contribution in [0.25, 0.3) is 6.08 Å². The summed E-state index contributed by atoms with van der Waals surface area (Å²) in [5.41, 5.74) is 4.26. The van der Waals surface area contributed by atoms with E-state index in [1.165, 1.54) is 5.56 Å². The van der Waals surface area contributed by atoms with E-state index in [1.807, 2.05) is 85.8 Å². The van der Waals surface area contributed by atoms with Gasteiger partial charge in [-0.15, -0.1) is 0 Å². The molecule has 1 amide bonds. The number of nitrogens with one attached hydrogen (secondary N) is 1. The van der Waals surface area contributed by atoms with Crippen LogP contribution < -0.4 is 10.2 Å². The van der Waals surface area contributed by atoms with Crippen LogP contribution >= 0.6 is 0 Å². The molecular formula is C27H27N3O. The fraction of sp³-hybridized carbons (Fsp3) is 0.185. The van der Waals surface area contributed by atoms with Crippen LogP contribution in [-0.2, 0) is 11.3 Å². The van der Waals surface area contributed by atoms with E-state index in [0.717, 1.165) is 29.9 Å². The number of hydrogen-bond acceptors (Lipinski definition) is 3. The Kier molecular flexibility index (Phi) is 7.61. The van der Waals surface area contributed by atoms with Crippen molar-refractivity contribution in [2.24, 2.45) is 0 Å². The molecule has 4 nitrogen and oxygen atoms in total. The smallest absolute Gasteiger partial charge is 0.262 e. The second-order valence-corrected chi connectivity index (χ2v) is 7.37. The van der Waals surface area contributed by atoms with Gasteiger partial charge < -0.3 is 10.2 Å². The van der Waals surface area contributed by atoms with Gasteiger partial charge in [0.05, 0.1) is 6.04 Å². The highest BCUT2D eigenvalue weighted by molar-refractivity contribution is 6.01. The highest BCUT2D eigenvalue weighted by Crippen LogP contribution is 2.20. The molecule has 0 aliphatic rings. The van der Waals surface area contributed by atoms with Crippen LogP contribution in [0.4, 0.5) is 5.69 Å². The van der Waals surface area contributed by atoms with Gasteiger partial charge in [0, 0.05) is 18.8 Å². The zero-order chi connectivity index (χ0) is 22.1. The van der Waals surface area contributed by atoms with Crippen molar-refractivity contribution < 1.29 is 4.79 Å². The molecule has 0 fully saturated rings. The number of benzene rings is 3. The van der Waals surface area contributed by atoms with Gasteiger partial charge in [0.25, 0.3) is 5.91 Å². The molecule has 1 atom stereocenters. The molecule has 3 aromatic carbocycles. The van der Waals surface area contributed by atoms with Crippen LogP contribution in [-0.4, -0.2) is 12.5 Å². The first-order chi connectivity index (χ1) is 15.1. The summed E-state index contributed by atoms with van der Waals surface area (Å²) in [6, 6.07) is 29.8. The third-order valence-corrected chi connectivity index (χ3v) is 5.18. The van der Waals surface area contributed by atoms with E-state index < -0.39 is 0 Å². The van der Waals surface area contributed by atoms with Crippen molar-refractivity contribution in [1.82, 2.24) is 5.32 Å². The molecule has 0 aliphatic heterocycles. The fourth-order valence-electron chi connectivity index (χ4n) is 3.39. The molecule has 156 valence electrons. The first-order valence-corrected chi connectivity index (χ1v) is 10.5. The standard InChI is InChI=1S/C27H27N3O/c1-3-30(20-23-10-6-4-7-11-23)26-16-14-22(15-17-26)18-25(19-28)27(31)29-21(2)24-12-8-5-9-13-24/h4-18,21H,3,20H2,1-2H3,(H,29,31)/b25-18-. The molecule has 1 N–H and O–H groups in total. The SMILES string of the molecule is CCN(Cc1ccccc1)c1ccc(/C=C(/C#N)C(=O)NC(C)c2ccccc2)cc1. The molecule has 0 aromatic heterocycles. The Morgan fingerprint density at radius 1 is 1.00 bits per heavy atom. The maximum Gasteiger partial charge on any atom is 0.262 e. The summed E-state index contributed by atoms with van der Waals surface area (Å²) in [4.78, 5) is 14.9. The van der Waals surface area contributed by atoms with Crippen LogP contribution in [0.2, 0.25) is 0 Å². The number of rotatable bonds is 8. The number of amides is 1. The zero-order valence-corrected chi connectivity index (χ0v) is 18.0. The van der Waals surface area contributed by atoms with Crippen molar-refractivity contribution in [2.75, 3.05) is 11.4 Å². The Morgan fingerprint density at radius 3 is 2.19 bits per heavy atom. The predicted octanol–water partition coefficient (Wildman–Crippen LogP) is 5.50. The van der Waals surface area contributed by atoms with E-state index in [-0.39, 0.29) is 17.5 Å². The number of carbonyl (C=O) groups is 1. The van der Waals surface area contributed by atoms with Crippen LogP contribution in [0.1, 0.15) is 36.6 Å². The van der Waals surface area contributed by atoms with Gasteiger partial charge in [0.2, 0.25) is 0 Å². The van der Waals surface area contributed by atoms with Gasteiger partial charge in [-0.05, 0) is 48.7 Å². The summed E-state index contributed by atoms with van der Waals surface area (Å²) in [6.45, 7) is 5.74. The summed E-state index contributed by atoms with van der Waals surface area (Å²) < 4.78 is 0. The lowest BCUT2D eigenvalue weighted by molar-refractivity contribution is -0.117. The molecule has 4 heteroatoms. The van der Waals surface area contributed by atoms with Gasteiger partial charge >= 0.3 is 0 Å². The zero-order valence-electron chi connectivity index (χ0n) is 18.0. The average Bonchev–Trinajstić information content (AvgIpc) is 2.82. The minimum atomic E-state index is -0.373. The largest absolute Gasteiger partial charge is 0.367 e. The van der Waals surface area contributed by atoms with E-state index in [0.29, 0.717) is 0 Å². The highest BCUT2D eigenvalue weighted by Gasteiger charge is 2.14. The number of nitrogens with zero attached hydrogens (tertiary/aromatic N) is 2. The third kappa shape index (κ3) is 6.07. The first-order valence-electron chi connectivity index (χ1n) is 10.5. The summed E-state index contributed by atoms with van der Waals surface area (Å²) in [6.07, 6.45) is 1.63. The minimum absolute atomic E-state index is 0.0900. The summed E-state index contributed by atoms with van der Waals surface area (Å²) in [5, 5.41) is 12.4. The Balaban J connectivity index is 1.69. The Hall–Kier alpha value is -3.84. The normalized spacial score (nSPS) is 12.0. The lowest BCUT2D eigenvalue weighted by Gasteiger charge is -2.23. The van der Waals surface area contributed by atoms with Crippen molar-refractivity contribution >= 4 is 17.7 Å². The van der Waals surface area contributed by atoms with Gasteiger partial charge in [0.15, 0.2) is 0 Å². The number of nitriles is 1. The molecule has 3 aromatic rings. The molecule has 0 aliphatic carbocycles. The Labute approximate surface area is 184 Å². The van der Waals surface area contributed by atoms with Crippen LogP contribution in [0, 0.1) is 11.3 Å². The molecule has 31 heavy (non-hydrogen) atoms. The highest BCUT2D eigenvalue weighted by atomic mass is 16.1. The van der Waals surface area contributed by atoms with Crippen LogP contribution in [0.3, 0.4) is 0 Å². The maximum absolute atomic E-state index is 12.6. The molecule has 3 rings (SSSR count). The van der Waals surface area contributed by atoms with Crippen molar-refractivity contribution in [2.45, 2.75) is 26.4 Å². The fourth-order valence-corrected chi connectivity index (χ4v) is 3.39. The first kappa shape index (κ1) is 21.9. The van der Waals surface area contributed by atoms with E-state index in [2.05, 4.69) is 29.3 Å². The van der Waals surface area contributed by atoms with Crippen molar-refractivity contribution in [3.05, 3.63) is 107 Å². The maximum atomic E-state index is 12.6. The second-order valence-electron chi connectivity index (χ2n) is 7.37. The molecule has 0 bridgehead atoms. The van der Waals surface area contributed by atoms with E-state index in [1.54, 1.807) is 6.08 Å². The van der Waals surface area contributed by atoms with E-state index in [4.69, 9.17) is 0 Å². The third-order valence-electron chi connectivity index (χ3n) is 5.18. The molecule has 0 spiro atoms. The Morgan fingerprint density at radius 2 is 1.61 bits per heavy atom. The van der Waals surface area contributed by atoms with Gasteiger partial charge in [0.1, 0.15) is 11.6 Å². The predicted molar refractivity (Wildman–Crippen MR) is 126 cm³/mol. The molecular weight excluding hydrogens is 382 g/mol. The molecule has 0 saturated carbocycles. The Bertz CT molecular complexity index is 1050. The monoisotopic (exact) mass is 409 g/mol. The summed E-state index contributed by atoms with van der Waals surface area (Å²) in [7, 11) is 0. The number of carbonyl (C=O) groups excluding carboxylic acids is 1. The summed E-state index contributed by atoms with van der Waals surface area (Å²) in [5.74, 6) is -0.373. The molecule has 1 unspecified atom stereocenters. The molecule has 0 heterocycles. The quantitative estimate of drug-likeness (QED) is 0.395. The van der Waals surface area contributed by atoms with Crippen molar-refractivity contribution in [1.29, 1.82) is 5.26 Å². The number of hydrogen-bond donors (Lipinski definition) is 1. The average molecular weight is 410 g/mol. The number of anilines is 1. The van der Waals surface area contributed by atoms with E-state index >= 15 is 0 Å². The molecule has 0 radical (unpaired) electrons. The second kappa shape index (κ2) is 10.8. The minimum Gasteiger partial charge on any atom is -0.367 e. The molecule has 0 saturated heterocycles. The van der Waals surface area contributed by atoms with Crippen LogP contribution in [0.5, 0.6) is 0 Å². The van der Waals surface area contributed by atoms with Gasteiger partial charge in [-0.2, -0.15) is 5.26 Å².